The number of fused-ring (bicyclic) bond motifs is 1. The lowest BCUT2D eigenvalue weighted by molar-refractivity contribution is -0.143. The quantitative estimate of drug-likeness (QED) is 0.427. The minimum Gasteiger partial charge on any atom is -0.480 e. The van der Waals surface area contributed by atoms with Crippen molar-refractivity contribution in [3.8, 4) is 0 Å². The molecule has 0 aliphatic carbocycles. The summed E-state index contributed by atoms with van der Waals surface area (Å²) in [5.41, 5.74) is -1.77. The standard InChI is InChI=1S/C24H20F3NO3/c1-13-19(25)12-15(21(27)20(13)26)9-10-17-16-7-5-4-6-14(16)8-11-18(17)22(29)28-24(2,3)23(30)31/h4-12H,1-3H3,(H,28,29)(H,30,31). The lowest BCUT2D eigenvalue weighted by Crippen LogP contribution is -2.49. The third kappa shape index (κ3) is 4.30. The van der Waals surface area contributed by atoms with Crippen LogP contribution in [-0.4, -0.2) is 22.5 Å². The summed E-state index contributed by atoms with van der Waals surface area (Å²) >= 11 is 0. The molecule has 1 amide bonds. The molecule has 0 bridgehead atoms. The number of benzene rings is 3. The highest BCUT2D eigenvalue weighted by atomic mass is 19.2. The molecular formula is C24H20F3NO3. The summed E-state index contributed by atoms with van der Waals surface area (Å²) in [4.78, 5) is 24.2. The van der Waals surface area contributed by atoms with Gasteiger partial charge in [-0.25, -0.2) is 18.0 Å². The molecule has 0 heterocycles. The van der Waals surface area contributed by atoms with Crippen molar-refractivity contribution in [3.63, 3.8) is 0 Å². The Labute approximate surface area is 177 Å². The van der Waals surface area contributed by atoms with Gasteiger partial charge in [-0.05, 0) is 49.2 Å². The van der Waals surface area contributed by atoms with Crippen LogP contribution in [0.4, 0.5) is 13.2 Å². The lowest BCUT2D eigenvalue weighted by Gasteiger charge is -2.22. The van der Waals surface area contributed by atoms with E-state index in [1.807, 2.05) is 0 Å². The molecule has 0 aliphatic rings. The molecular weight excluding hydrogens is 407 g/mol. The molecule has 0 radical (unpaired) electrons. The number of hydrogen-bond donors (Lipinski definition) is 2. The van der Waals surface area contributed by atoms with Crippen LogP contribution < -0.4 is 5.32 Å². The number of halogens is 3. The molecule has 0 saturated carbocycles. The molecule has 7 heteroatoms. The molecule has 0 unspecified atom stereocenters. The van der Waals surface area contributed by atoms with Crippen molar-refractivity contribution in [1.29, 1.82) is 0 Å². The smallest absolute Gasteiger partial charge is 0.328 e. The van der Waals surface area contributed by atoms with Gasteiger partial charge in [-0.2, -0.15) is 0 Å². The Hall–Kier alpha value is -3.61. The topological polar surface area (TPSA) is 66.4 Å². The average Bonchev–Trinajstić information content (AvgIpc) is 2.73. The Morgan fingerprint density at radius 1 is 1.00 bits per heavy atom. The SMILES string of the molecule is Cc1c(F)cc(C=Cc2c(C(=O)NC(C)(C)C(=O)O)ccc3ccccc23)c(F)c1F. The first-order chi connectivity index (χ1) is 14.5. The Kier molecular flexibility index (Phi) is 5.88. The molecule has 3 aromatic carbocycles. The van der Waals surface area contributed by atoms with Crippen LogP contribution in [0.1, 0.15) is 40.9 Å². The zero-order chi connectivity index (χ0) is 22.9. The maximum atomic E-state index is 14.3. The van der Waals surface area contributed by atoms with Crippen LogP contribution in [0.25, 0.3) is 22.9 Å². The van der Waals surface area contributed by atoms with Crippen molar-refractivity contribution in [2.45, 2.75) is 26.3 Å². The highest BCUT2D eigenvalue weighted by Gasteiger charge is 2.30. The predicted octanol–water partition coefficient (Wildman–Crippen LogP) is 5.33. The van der Waals surface area contributed by atoms with E-state index in [0.29, 0.717) is 10.9 Å². The van der Waals surface area contributed by atoms with Crippen LogP contribution in [-0.2, 0) is 4.79 Å². The predicted molar refractivity (Wildman–Crippen MR) is 113 cm³/mol. The monoisotopic (exact) mass is 427 g/mol. The molecule has 3 rings (SSSR count). The van der Waals surface area contributed by atoms with E-state index < -0.39 is 40.4 Å². The van der Waals surface area contributed by atoms with Crippen LogP contribution in [0.5, 0.6) is 0 Å². The number of carbonyl (C=O) groups excluding carboxylic acids is 1. The summed E-state index contributed by atoms with van der Waals surface area (Å²) in [5.74, 6) is -5.24. The molecule has 0 aliphatic heterocycles. The molecule has 0 aromatic heterocycles. The minimum absolute atomic E-state index is 0.137. The van der Waals surface area contributed by atoms with Crippen molar-refractivity contribution in [2.75, 3.05) is 0 Å². The number of carbonyl (C=O) groups is 2. The van der Waals surface area contributed by atoms with E-state index in [4.69, 9.17) is 0 Å². The van der Waals surface area contributed by atoms with E-state index in [1.54, 1.807) is 30.3 Å². The van der Waals surface area contributed by atoms with Crippen LogP contribution in [0, 0.1) is 24.4 Å². The van der Waals surface area contributed by atoms with Gasteiger partial charge in [-0.3, -0.25) is 4.79 Å². The molecule has 0 atom stereocenters. The average molecular weight is 427 g/mol. The van der Waals surface area contributed by atoms with Crippen molar-refractivity contribution < 1.29 is 27.9 Å². The molecule has 0 saturated heterocycles. The van der Waals surface area contributed by atoms with Crippen LogP contribution >= 0.6 is 0 Å². The fraction of sp³-hybridized carbons (Fsp3) is 0.167. The van der Waals surface area contributed by atoms with Gasteiger partial charge in [0.2, 0.25) is 0 Å². The molecule has 3 aromatic rings. The van der Waals surface area contributed by atoms with Gasteiger partial charge in [0.1, 0.15) is 11.4 Å². The van der Waals surface area contributed by atoms with Crippen LogP contribution in [0.2, 0.25) is 0 Å². The Bertz CT molecular complexity index is 1230. The fourth-order valence-corrected chi connectivity index (χ4v) is 3.08. The number of nitrogens with one attached hydrogen (secondary N) is 1. The van der Waals surface area contributed by atoms with E-state index in [0.717, 1.165) is 18.4 Å². The number of amides is 1. The number of hydrogen-bond acceptors (Lipinski definition) is 2. The molecule has 2 N–H and O–H groups in total. The van der Waals surface area contributed by atoms with Crippen molar-refractivity contribution in [2.24, 2.45) is 0 Å². The normalized spacial score (nSPS) is 11.8. The van der Waals surface area contributed by atoms with E-state index >= 15 is 0 Å². The third-order valence-corrected chi connectivity index (χ3v) is 5.02. The molecule has 0 fully saturated rings. The molecule has 31 heavy (non-hydrogen) atoms. The zero-order valence-corrected chi connectivity index (χ0v) is 17.1. The van der Waals surface area contributed by atoms with E-state index in [-0.39, 0.29) is 11.1 Å². The first kappa shape index (κ1) is 22.1. The second kappa shape index (κ2) is 8.26. The highest BCUT2D eigenvalue weighted by molar-refractivity contribution is 6.07. The maximum Gasteiger partial charge on any atom is 0.328 e. The number of carboxylic acids is 1. The summed E-state index contributed by atoms with van der Waals surface area (Å²) in [6.45, 7) is 3.83. The second-order valence-electron chi connectivity index (χ2n) is 7.67. The van der Waals surface area contributed by atoms with Gasteiger partial charge in [0, 0.05) is 16.7 Å². The molecule has 0 spiro atoms. The zero-order valence-electron chi connectivity index (χ0n) is 17.1. The lowest BCUT2D eigenvalue weighted by atomic mass is 9.96. The van der Waals surface area contributed by atoms with Crippen molar-refractivity contribution >= 4 is 34.8 Å². The second-order valence-corrected chi connectivity index (χ2v) is 7.67. The summed E-state index contributed by atoms with van der Waals surface area (Å²) in [7, 11) is 0. The van der Waals surface area contributed by atoms with Gasteiger partial charge in [0.05, 0.1) is 0 Å². The first-order valence-electron chi connectivity index (χ1n) is 9.42. The number of aliphatic carboxylic acids is 1. The Morgan fingerprint density at radius 3 is 2.35 bits per heavy atom. The van der Waals surface area contributed by atoms with Gasteiger partial charge in [-0.15, -0.1) is 0 Å². The summed E-state index contributed by atoms with van der Waals surface area (Å²) < 4.78 is 42.1. The van der Waals surface area contributed by atoms with Gasteiger partial charge in [0.25, 0.3) is 5.91 Å². The largest absolute Gasteiger partial charge is 0.480 e. The number of carboxylic acid groups (broad SMARTS) is 1. The molecule has 4 nitrogen and oxygen atoms in total. The fourth-order valence-electron chi connectivity index (χ4n) is 3.08. The Balaban J connectivity index is 2.15. The van der Waals surface area contributed by atoms with Crippen molar-refractivity contribution in [3.05, 3.63) is 82.2 Å². The number of rotatable bonds is 5. The van der Waals surface area contributed by atoms with E-state index in [9.17, 15) is 27.9 Å². The molecule has 160 valence electrons. The van der Waals surface area contributed by atoms with Gasteiger partial charge in [-0.1, -0.05) is 42.5 Å². The minimum atomic E-state index is -1.53. The summed E-state index contributed by atoms with van der Waals surface area (Å²) in [5, 5.41) is 13.1. The van der Waals surface area contributed by atoms with Crippen LogP contribution in [0.15, 0.2) is 42.5 Å². The summed E-state index contributed by atoms with van der Waals surface area (Å²) in [6, 6.07) is 11.2. The van der Waals surface area contributed by atoms with Gasteiger partial charge < -0.3 is 10.4 Å². The van der Waals surface area contributed by atoms with Crippen molar-refractivity contribution in [1.82, 2.24) is 5.32 Å². The summed E-state index contributed by atoms with van der Waals surface area (Å²) in [6.07, 6.45) is 2.57. The van der Waals surface area contributed by atoms with Gasteiger partial charge in [0.15, 0.2) is 11.6 Å². The van der Waals surface area contributed by atoms with E-state index in [1.165, 1.54) is 32.1 Å². The maximum absolute atomic E-state index is 14.3. The van der Waals surface area contributed by atoms with Gasteiger partial charge >= 0.3 is 5.97 Å². The highest BCUT2D eigenvalue weighted by Crippen LogP contribution is 2.27. The third-order valence-electron chi connectivity index (χ3n) is 5.02. The van der Waals surface area contributed by atoms with Crippen LogP contribution in [0.3, 0.4) is 0 Å². The first-order valence-corrected chi connectivity index (χ1v) is 9.42. The Morgan fingerprint density at radius 2 is 1.68 bits per heavy atom. The van der Waals surface area contributed by atoms with E-state index in [2.05, 4.69) is 5.32 Å².